The van der Waals surface area contributed by atoms with Crippen molar-refractivity contribution in [2.24, 2.45) is 10.7 Å². The van der Waals surface area contributed by atoms with Gasteiger partial charge in [-0.2, -0.15) is 0 Å². The number of urea groups is 1. The van der Waals surface area contributed by atoms with Crippen molar-refractivity contribution in [2.45, 2.75) is 286 Å². The minimum absolute atomic E-state index is 0.106. The van der Waals surface area contributed by atoms with Gasteiger partial charge in [-0.3, -0.25) is 19.2 Å². The number of carbonyl (C=O) groups excluding carboxylic acids is 10. The van der Waals surface area contributed by atoms with E-state index in [-0.39, 0.29) is 62.7 Å². The number of nitrogens with one attached hydrogen (secondary N) is 4. The predicted octanol–water partition coefficient (Wildman–Crippen LogP) is 10.7. The van der Waals surface area contributed by atoms with E-state index < -0.39 is 99.8 Å². The van der Waals surface area contributed by atoms with E-state index in [2.05, 4.69) is 48.9 Å². The molecule has 24 heteroatoms. The molecule has 0 bridgehead atoms. The number of halogens is 1. The number of aliphatic imine (C=N–C) groups is 1. The van der Waals surface area contributed by atoms with Crippen LogP contribution in [0.25, 0.3) is 0 Å². The number of hydrogen-bond acceptors (Lipinski definition) is 16. The number of amides is 6. The highest BCUT2D eigenvalue weighted by Gasteiger charge is 2.33. The van der Waals surface area contributed by atoms with Crippen molar-refractivity contribution in [3.63, 3.8) is 0 Å². The summed E-state index contributed by atoms with van der Waals surface area (Å²) in [6.45, 7) is 30.8. The molecule has 0 saturated carbocycles. The molecule has 488 valence electrons. The number of guanidine groups is 1. The lowest BCUT2D eigenvalue weighted by Gasteiger charge is -2.27. The highest BCUT2D eigenvalue weighted by atomic mass is 127. The largest absolute Gasteiger partial charge is 0.460 e. The first kappa shape index (κ1) is 77.9. The maximum Gasteiger partial charge on any atom is 0.437 e. The average Bonchev–Trinajstić information content (AvgIpc) is 2.66. The van der Waals surface area contributed by atoms with Gasteiger partial charge in [-0.1, -0.05) is 37.8 Å². The van der Waals surface area contributed by atoms with Gasteiger partial charge in [-0.25, -0.2) is 33.7 Å². The van der Waals surface area contributed by atoms with Crippen LogP contribution in [0.1, 0.15) is 243 Å². The highest BCUT2D eigenvalue weighted by Crippen LogP contribution is 2.23. The Kier molecular flexibility index (Phi) is 32.3. The Labute approximate surface area is 524 Å². The van der Waals surface area contributed by atoms with Crippen LogP contribution in [-0.4, -0.2) is 129 Å². The maximum absolute atomic E-state index is 13.3. The highest BCUT2D eigenvalue weighted by molar-refractivity contribution is 14.1. The van der Waals surface area contributed by atoms with Crippen LogP contribution in [0.2, 0.25) is 0 Å². The van der Waals surface area contributed by atoms with Crippen LogP contribution in [-0.2, 0) is 63.7 Å². The standard InChI is InChI=1S/C62H102IN7O16/c1-57(2,3)81-49(74)36-35-45(52(77)84-60(10,11)12)68-54(78)67-44(51(76)83-59(7,8)9)29-26-27-37-65-47(72)31-24-19-20-25-32-48(73)66-43(50(75)82-58(4,5)6)28-22-21-23-30-46(71)40-33-34-41(42(63)38-40)39-70(56(80)86-62(16,17)18)53(64)69-55(79)85-61(13,14)15/h33-34,38,43-45H,19-32,35-37,39H2,1-18H3,(H,65,72)(H,66,73)(H2,64,69,79)(H2,67,68,78)/t43?,44-,45-/m0/s1. The Bertz CT molecular complexity index is 2480. The fraction of sp³-hybridized carbons (Fsp3) is 0.726. The molecule has 1 aromatic rings. The Balaban J connectivity index is 2.72. The molecule has 0 fully saturated rings. The van der Waals surface area contributed by atoms with Crippen molar-refractivity contribution in [3.8, 4) is 0 Å². The van der Waals surface area contributed by atoms with E-state index in [1.165, 1.54) is 0 Å². The zero-order valence-electron chi connectivity index (χ0n) is 54.6. The molecule has 0 spiro atoms. The minimum atomic E-state index is -1.22. The van der Waals surface area contributed by atoms with Crippen LogP contribution in [0, 0.1) is 3.57 Å². The van der Waals surface area contributed by atoms with Crippen molar-refractivity contribution < 1.29 is 76.4 Å². The fourth-order valence-corrected chi connectivity index (χ4v) is 8.51. The molecular weight excluding hydrogens is 1230 g/mol. The lowest BCUT2D eigenvalue weighted by atomic mass is 10.0. The third-order valence-corrected chi connectivity index (χ3v) is 12.5. The van der Waals surface area contributed by atoms with Gasteiger partial charge in [-0.15, -0.1) is 4.99 Å². The molecule has 1 aromatic carbocycles. The molecule has 0 aliphatic carbocycles. The van der Waals surface area contributed by atoms with E-state index in [0.717, 1.165) is 4.90 Å². The molecule has 86 heavy (non-hydrogen) atoms. The number of esters is 4. The molecule has 6 N–H and O–H groups in total. The Morgan fingerprint density at radius 1 is 0.500 bits per heavy atom. The Hall–Kier alpha value is -6.08. The molecule has 0 aromatic heterocycles. The number of benzene rings is 1. The van der Waals surface area contributed by atoms with E-state index in [1.807, 2.05) is 0 Å². The van der Waals surface area contributed by atoms with Crippen LogP contribution >= 0.6 is 22.6 Å². The number of nitrogens with two attached hydrogens (primary N) is 1. The quantitative estimate of drug-likeness (QED) is 0.00909. The van der Waals surface area contributed by atoms with Crippen LogP contribution in [0.3, 0.4) is 0 Å². The molecule has 3 atom stereocenters. The SMILES string of the molecule is CC(C)(C)OC(=O)CC[C@H](NC(=O)N[C@@H](CCCCNC(=O)CCCCCCC(=O)NC(CCCCCC(=O)c1ccc(CN(C(=O)OC(C)(C)C)C(N)=NC(=O)OC(C)(C)C)c(I)c1)C(=O)OC(C)(C)C)C(=O)OC(C)(C)C)C(=O)OC(C)(C)C. The summed E-state index contributed by atoms with van der Waals surface area (Å²) in [4.78, 5) is 135. The van der Waals surface area contributed by atoms with Gasteiger partial charge in [0.05, 0.1) is 6.54 Å². The monoisotopic (exact) mass is 1330 g/mol. The zero-order valence-corrected chi connectivity index (χ0v) is 56.7. The van der Waals surface area contributed by atoms with Crippen molar-refractivity contribution >= 4 is 88.2 Å². The second-order valence-corrected chi connectivity index (χ2v) is 28.3. The number of ketones is 1. The summed E-state index contributed by atoms with van der Waals surface area (Å²) in [7, 11) is 0. The van der Waals surface area contributed by atoms with E-state index in [9.17, 15) is 47.9 Å². The van der Waals surface area contributed by atoms with E-state index in [0.29, 0.717) is 85.5 Å². The lowest BCUT2D eigenvalue weighted by Crippen LogP contribution is -2.53. The molecule has 6 amide bonds. The summed E-state index contributed by atoms with van der Waals surface area (Å²) in [5.41, 5.74) is 2.24. The van der Waals surface area contributed by atoms with Crippen LogP contribution in [0.15, 0.2) is 23.2 Å². The van der Waals surface area contributed by atoms with Crippen molar-refractivity contribution in [2.75, 3.05) is 6.54 Å². The van der Waals surface area contributed by atoms with Gasteiger partial charge in [0.15, 0.2) is 5.78 Å². The Morgan fingerprint density at radius 2 is 0.930 bits per heavy atom. The summed E-state index contributed by atoms with van der Waals surface area (Å²) < 4.78 is 33.5. The number of hydrogen-bond donors (Lipinski definition) is 5. The van der Waals surface area contributed by atoms with Gasteiger partial charge >= 0.3 is 42.1 Å². The van der Waals surface area contributed by atoms with E-state index in [4.69, 9.17) is 34.2 Å². The molecule has 0 aliphatic heterocycles. The molecule has 0 radical (unpaired) electrons. The van der Waals surface area contributed by atoms with Crippen molar-refractivity contribution in [1.82, 2.24) is 26.2 Å². The molecule has 0 saturated heterocycles. The number of carbonyl (C=O) groups is 10. The van der Waals surface area contributed by atoms with Crippen molar-refractivity contribution in [3.05, 3.63) is 32.9 Å². The van der Waals surface area contributed by atoms with Gasteiger partial charge in [0.1, 0.15) is 51.7 Å². The molecule has 23 nitrogen and oxygen atoms in total. The minimum Gasteiger partial charge on any atom is -0.460 e. The number of unbranched alkanes of at least 4 members (excludes halogenated alkanes) is 6. The topological polar surface area (TPSA) is 316 Å². The van der Waals surface area contributed by atoms with Crippen LogP contribution < -0.4 is 27.0 Å². The summed E-state index contributed by atoms with van der Waals surface area (Å²) in [5, 5.41) is 10.9. The van der Waals surface area contributed by atoms with Gasteiger partial charge in [0, 0.05) is 41.4 Å². The smallest absolute Gasteiger partial charge is 0.437 e. The molecule has 0 heterocycles. The summed E-state index contributed by atoms with van der Waals surface area (Å²) in [6.07, 6.45) is 4.08. The number of nitrogens with zero attached hydrogens (tertiary/aromatic N) is 2. The maximum atomic E-state index is 13.3. The Morgan fingerprint density at radius 3 is 1.41 bits per heavy atom. The summed E-state index contributed by atoms with van der Waals surface area (Å²) >= 11 is 2.06. The summed E-state index contributed by atoms with van der Waals surface area (Å²) in [5.74, 6) is -3.53. The fourth-order valence-electron chi connectivity index (χ4n) is 7.83. The first-order valence-corrected chi connectivity index (χ1v) is 30.8. The molecule has 1 unspecified atom stereocenters. The van der Waals surface area contributed by atoms with E-state index in [1.54, 1.807) is 143 Å². The van der Waals surface area contributed by atoms with Crippen LogP contribution in [0.4, 0.5) is 14.4 Å². The van der Waals surface area contributed by atoms with Gasteiger partial charge < -0.3 is 55.4 Å². The predicted molar refractivity (Wildman–Crippen MR) is 335 cm³/mol. The second-order valence-electron chi connectivity index (χ2n) is 27.2. The van der Waals surface area contributed by atoms with Gasteiger partial charge in [0.2, 0.25) is 17.8 Å². The third-order valence-electron chi connectivity index (χ3n) is 11.5. The van der Waals surface area contributed by atoms with Crippen molar-refractivity contribution in [1.29, 1.82) is 0 Å². The molecular formula is C62H102IN7O16. The van der Waals surface area contributed by atoms with Gasteiger partial charge in [0.25, 0.3) is 0 Å². The number of ether oxygens (including phenoxy) is 6. The van der Waals surface area contributed by atoms with E-state index >= 15 is 0 Å². The lowest BCUT2D eigenvalue weighted by molar-refractivity contribution is -0.160. The first-order chi connectivity index (χ1) is 39.3. The number of rotatable bonds is 30. The first-order valence-electron chi connectivity index (χ1n) is 29.7. The van der Waals surface area contributed by atoms with Gasteiger partial charge in [-0.05, 0) is 210 Å². The molecule has 0 aliphatic rings. The second kappa shape index (κ2) is 35.7. The average molecular weight is 1330 g/mol. The molecule has 1 rings (SSSR count). The van der Waals surface area contributed by atoms with Crippen LogP contribution in [0.5, 0.6) is 0 Å². The number of Topliss-reactive ketones (excluding diaryl/α,β-unsaturated/α-hetero) is 1. The zero-order chi connectivity index (χ0) is 66.0. The third kappa shape index (κ3) is 37.5. The summed E-state index contributed by atoms with van der Waals surface area (Å²) in [6, 6.07) is 1.02. The normalized spacial score (nSPS) is 13.4.